The van der Waals surface area contributed by atoms with Crippen molar-refractivity contribution in [2.45, 2.75) is 49.7 Å². The van der Waals surface area contributed by atoms with Gasteiger partial charge < -0.3 is 30.3 Å². The molecule has 2 unspecified atom stereocenters. The highest BCUT2D eigenvalue weighted by molar-refractivity contribution is 7.92. The summed E-state index contributed by atoms with van der Waals surface area (Å²) in [4.78, 5) is 6.88. The number of para-hydroxylation sites is 1. The zero-order valence-electron chi connectivity index (χ0n) is 21.5. The molecule has 0 aliphatic carbocycles. The Balaban J connectivity index is 1.49. The summed E-state index contributed by atoms with van der Waals surface area (Å²) >= 11 is 6.41. The average molecular weight is 548 g/mol. The van der Waals surface area contributed by atoms with Gasteiger partial charge in [0.2, 0.25) is 0 Å². The standard InChI is InChI=1S/C26H34ClN5O4S/c1-5-35-23-14-18(36-19-12-13-32(4)16-19)10-11-21(23)30-26-28-15-20(27)25(31-26)29-22-8-6-7-9-24(22)37(33,34)17(2)3/h6-11,14-15,17,19,26,29-31H,5,12-13,16H2,1-4H3. The molecule has 0 amide bonds. The van der Waals surface area contributed by atoms with Gasteiger partial charge in [-0.3, -0.25) is 0 Å². The van der Waals surface area contributed by atoms with Crippen LogP contribution in [0.4, 0.5) is 11.4 Å². The van der Waals surface area contributed by atoms with Crippen molar-refractivity contribution in [1.29, 1.82) is 0 Å². The zero-order valence-corrected chi connectivity index (χ0v) is 23.1. The first-order valence-electron chi connectivity index (χ1n) is 12.4. The highest BCUT2D eigenvalue weighted by atomic mass is 35.5. The van der Waals surface area contributed by atoms with Gasteiger partial charge in [0.25, 0.3) is 0 Å². The monoisotopic (exact) mass is 547 g/mol. The van der Waals surface area contributed by atoms with Crippen LogP contribution in [0.3, 0.4) is 0 Å². The van der Waals surface area contributed by atoms with Crippen LogP contribution in [-0.2, 0) is 9.84 Å². The molecule has 2 heterocycles. The average Bonchev–Trinajstić information content (AvgIpc) is 3.27. The Bertz CT molecular complexity index is 1280. The van der Waals surface area contributed by atoms with Crippen LogP contribution in [0.25, 0.3) is 0 Å². The molecule has 1 saturated heterocycles. The van der Waals surface area contributed by atoms with Gasteiger partial charge in [-0.2, -0.15) is 0 Å². The summed E-state index contributed by atoms with van der Waals surface area (Å²) in [5, 5.41) is 9.41. The summed E-state index contributed by atoms with van der Waals surface area (Å²) in [6.07, 6.45) is 2.09. The Morgan fingerprint density at radius 1 is 1.22 bits per heavy atom. The minimum absolute atomic E-state index is 0.159. The summed E-state index contributed by atoms with van der Waals surface area (Å²) < 4.78 is 37.7. The zero-order chi connectivity index (χ0) is 26.6. The Hall–Kier alpha value is -2.95. The number of rotatable bonds is 10. The number of halogens is 1. The molecule has 9 nitrogen and oxygen atoms in total. The molecule has 1 fully saturated rings. The smallest absolute Gasteiger partial charge is 0.195 e. The molecule has 2 atom stereocenters. The summed E-state index contributed by atoms with van der Waals surface area (Å²) in [5.41, 5.74) is 1.16. The first-order valence-corrected chi connectivity index (χ1v) is 14.3. The SMILES string of the molecule is CCOc1cc(OC2CCN(C)C2)ccc1NC1N=CC(Cl)=C(Nc2ccccc2S(=O)(=O)C(C)C)N1. The van der Waals surface area contributed by atoms with Crippen molar-refractivity contribution in [2.75, 3.05) is 37.4 Å². The Labute approximate surface area is 223 Å². The number of aliphatic imine (C=N–C) groups is 1. The van der Waals surface area contributed by atoms with E-state index in [0.717, 1.165) is 30.9 Å². The Morgan fingerprint density at radius 2 is 2.00 bits per heavy atom. The van der Waals surface area contributed by atoms with Gasteiger partial charge in [-0.15, -0.1) is 0 Å². The van der Waals surface area contributed by atoms with Crippen LogP contribution in [-0.4, -0.2) is 63.9 Å². The lowest BCUT2D eigenvalue weighted by Crippen LogP contribution is -2.39. The number of hydrogen-bond acceptors (Lipinski definition) is 9. The topological polar surface area (TPSA) is 104 Å². The number of benzene rings is 2. The van der Waals surface area contributed by atoms with Crippen LogP contribution < -0.4 is 25.4 Å². The fourth-order valence-electron chi connectivity index (χ4n) is 4.12. The van der Waals surface area contributed by atoms with Gasteiger partial charge in [0.1, 0.15) is 23.4 Å². The third-order valence-corrected chi connectivity index (χ3v) is 8.62. The highest BCUT2D eigenvalue weighted by Crippen LogP contribution is 2.32. The number of allylic oxidation sites excluding steroid dienone is 1. The van der Waals surface area contributed by atoms with Crippen LogP contribution in [0.15, 0.2) is 63.2 Å². The van der Waals surface area contributed by atoms with Crippen LogP contribution in [0.2, 0.25) is 0 Å². The van der Waals surface area contributed by atoms with Gasteiger partial charge >= 0.3 is 0 Å². The second-order valence-corrected chi connectivity index (χ2v) is 12.2. The van der Waals surface area contributed by atoms with Gasteiger partial charge in [0.05, 0.1) is 33.2 Å². The third-order valence-electron chi connectivity index (χ3n) is 6.13. The van der Waals surface area contributed by atoms with E-state index in [1.807, 2.05) is 25.1 Å². The molecular formula is C26H34ClN5O4S. The van der Waals surface area contributed by atoms with Crippen molar-refractivity contribution < 1.29 is 17.9 Å². The third kappa shape index (κ3) is 6.49. The van der Waals surface area contributed by atoms with E-state index in [0.29, 0.717) is 28.9 Å². The lowest BCUT2D eigenvalue weighted by atomic mass is 10.2. The predicted octanol–water partition coefficient (Wildman–Crippen LogP) is 4.24. The van der Waals surface area contributed by atoms with E-state index in [2.05, 4.69) is 32.9 Å². The number of likely N-dealkylation sites (N-methyl/N-ethyl adjacent to an activating group) is 1. The van der Waals surface area contributed by atoms with E-state index in [9.17, 15) is 8.42 Å². The molecule has 4 rings (SSSR count). The molecule has 0 aromatic heterocycles. The molecule has 2 aliphatic heterocycles. The number of ether oxygens (including phenoxy) is 2. The maximum atomic E-state index is 12.9. The van der Waals surface area contributed by atoms with Gasteiger partial charge in [-0.05, 0) is 58.5 Å². The lowest BCUT2D eigenvalue weighted by molar-refractivity contribution is 0.207. The number of anilines is 2. The first-order chi connectivity index (χ1) is 17.7. The lowest BCUT2D eigenvalue weighted by Gasteiger charge is -2.26. The highest BCUT2D eigenvalue weighted by Gasteiger charge is 2.25. The largest absolute Gasteiger partial charge is 0.492 e. The van der Waals surface area contributed by atoms with Gasteiger partial charge in [0, 0.05) is 25.4 Å². The van der Waals surface area contributed by atoms with E-state index in [4.69, 9.17) is 21.1 Å². The van der Waals surface area contributed by atoms with Crippen LogP contribution >= 0.6 is 11.6 Å². The van der Waals surface area contributed by atoms with E-state index in [1.54, 1.807) is 38.1 Å². The van der Waals surface area contributed by atoms with E-state index >= 15 is 0 Å². The fraction of sp³-hybridized carbons (Fsp3) is 0.423. The van der Waals surface area contributed by atoms with Crippen molar-refractivity contribution in [3.05, 3.63) is 53.3 Å². The summed E-state index contributed by atoms with van der Waals surface area (Å²) in [5.74, 6) is 1.83. The van der Waals surface area contributed by atoms with Gasteiger partial charge in [-0.25, -0.2) is 13.4 Å². The minimum Gasteiger partial charge on any atom is -0.492 e. The van der Waals surface area contributed by atoms with Crippen molar-refractivity contribution in [3.63, 3.8) is 0 Å². The second kappa shape index (κ2) is 11.6. The second-order valence-electron chi connectivity index (χ2n) is 9.29. The van der Waals surface area contributed by atoms with E-state index < -0.39 is 21.4 Å². The van der Waals surface area contributed by atoms with Crippen molar-refractivity contribution in [2.24, 2.45) is 4.99 Å². The molecule has 11 heteroatoms. The molecule has 2 aromatic rings. The molecule has 3 N–H and O–H groups in total. The summed E-state index contributed by atoms with van der Waals surface area (Å²) in [6, 6.07) is 12.4. The Morgan fingerprint density at radius 3 is 2.70 bits per heavy atom. The first kappa shape index (κ1) is 27.1. The number of nitrogens with one attached hydrogen (secondary N) is 3. The normalized spacial score (nSPS) is 20.2. The molecule has 200 valence electrons. The maximum absolute atomic E-state index is 12.9. The van der Waals surface area contributed by atoms with Gasteiger partial charge in [-0.1, -0.05) is 23.7 Å². The summed E-state index contributed by atoms with van der Waals surface area (Å²) in [6.45, 7) is 7.65. The molecule has 0 saturated carbocycles. The molecule has 2 aromatic carbocycles. The fourth-order valence-corrected chi connectivity index (χ4v) is 5.48. The number of likely N-dealkylation sites (tertiary alicyclic amines) is 1. The molecule has 2 aliphatic rings. The summed E-state index contributed by atoms with van der Waals surface area (Å²) in [7, 11) is -1.41. The molecule has 0 radical (unpaired) electrons. The van der Waals surface area contributed by atoms with E-state index in [1.165, 1.54) is 6.21 Å². The predicted molar refractivity (Wildman–Crippen MR) is 148 cm³/mol. The number of sulfone groups is 1. The van der Waals surface area contributed by atoms with Crippen LogP contribution in [0.5, 0.6) is 11.5 Å². The van der Waals surface area contributed by atoms with Crippen LogP contribution in [0, 0.1) is 0 Å². The minimum atomic E-state index is -3.50. The quantitative estimate of drug-likeness (QED) is 0.406. The van der Waals surface area contributed by atoms with Crippen LogP contribution in [0.1, 0.15) is 27.2 Å². The van der Waals surface area contributed by atoms with Crippen molar-refractivity contribution in [3.8, 4) is 11.5 Å². The van der Waals surface area contributed by atoms with E-state index in [-0.39, 0.29) is 11.0 Å². The molecule has 37 heavy (non-hydrogen) atoms. The number of nitrogens with zero attached hydrogens (tertiary/aromatic N) is 2. The van der Waals surface area contributed by atoms with Crippen molar-refractivity contribution in [1.82, 2.24) is 10.2 Å². The molecule has 0 bridgehead atoms. The van der Waals surface area contributed by atoms with Crippen molar-refractivity contribution >= 4 is 39.0 Å². The molecular weight excluding hydrogens is 514 g/mol. The maximum Gasteiger partial charge on any atom is 0.195 e. The van der Waals surface area contributed by atoms with Gasteiger partial charge in [0.15, 0.2) is 16.1 Å². The Kier molecular flexibility index (Phi) is 8.51. The molecule has 0 spiro atoms. The number of hydrogen-bond donors (Lipinski definition) is 3.